The highest BCUT2D eigenvalue weighted by atomic mass is 35.5. The van der Waals surface area contributed by atoms with Crippen LogP contribution in [0.25, 0.3) is 0 Å². The van der Waals surface area contributed by atoms with Crippen LogP contribution in [0.3, 0.4) is 0 Å². The molecule has 0 aliphatic carbocycles. The summed E-state index contributed by atoms with van der Waals surface area (Å²) in [7, 11) is 0. The number of ether oxygens (including phenoxy) is 2. The minimum absolute atomic E-state index is 0.0477. The van der Waals surface area contributed by atoms with E-state index in [1.165, 1.54) is 26.8 Å². The first-order valence-corrected chi connectivity index (χ1v) is 8.63. The van der Waals surface area contributed by atoms with Gasteiger partial charge in [-0.1, -0.05) is 17.7 Å². The Kier molecular flexibility index (Phi) is 8.29. The van der Waals surface area contributed by atoms with Crippen molar-refractivity contribution >= 4 is 29.4 Å². The first-order chi connectivity index (χ1) is 12.8. The van der Waals surface area contributed by atoms with Crippen molar-refractivity contribution in [1.82, 2.24) is 5.32 Å². The fraction of sp³-hybridized carbons (Fsp3) is 0.500. The summed E-state index contributed by atoms with van der Waals surface area (Å²) in [6.45, 7) is 2.93. The van der Waals surface area contributed by atoms with Gasteiger partial charge in [-0.2, -0.15) is 13.2 Å². The van der Waals surface area contributed by atoms with E-state index in [2.05, 4.69) is 5.32 Å². The molecule has 1 amide bonds. The molecule has 0 saturated heterocycles. The Morgan fingerprint density at radius 1 is 1.04 bits per heavy atom. The number of hydrogen-bond acceptors (Lipinski definition) is 5. The zero-order valence-electron chi connectivity index (χ0n) is 15.6. The normalized spacial score (nSPS) is 11.7. The molecule has 0 aromatic heterocycles. The molecule has 0 bridgehead atoms. The van der Waals surface area contributed by atoms with Gasteiger partial charge in [0, 0.05) is 20.8 Å². The molecular formula is C18H21ClF3NO5. The molecule has 156 valence electrons. The Morgan fingerprint density at radius 3 is 2.00 bits per heavy atom. The molecule has 0 saturated carbocycles. The van der Waals surface area contributed by atoms with Gasteiger partial charge in [0.15, 0.2) is 0 Å². The van der Waals surface area contributed by atoms with E-state index < -0.39 is 40.1 Å². The lowest BCUT2D eigenvalue weighted by atomic mass is 9.91. The predicted molar refractivity (Wildman–Crippen MR) is 94.6 cm³/mol. The molecular weight excluding hydrogens is 403 g/mol. The number of esters is 2. The number of carbonyl (C=O) groups is 3. The van der Waals surface area contributed by atoms with Gasteiger partial charge in [0.05, 0.1) is 10.6 Å². The fourth-order valence-corrected chi connectivity index (χ4v) is 2.73. The molecule has 0 spiro atoms. The van der Waals surface area contributed by atoms with Gasteiger partial charge < -0.3 is 14.8 Å². The van der Waals surface area contributed by atoms with Crippen molar-refractivity contribution in [3.8, 4) is 0 Å². The van der Waals surface area contributed by atoms with E-state index in [4.69, 9.17) is 21.1 Å². The van der Waals surface area contributed by atoms with Crippen LogP contribution in [0.15, 0.2) is 18.2 Å². The lowest BCUT2D eigenvalue weighted by Gasteiger charge is -2.33. The van der Waals surface area contributed by atoms with Crippen molar-refractivity contribution in [3.63, 3.8) is 0 Å². The maximum Gasteiger partial charge on any atom is 0.417 e. The second kappa shape index (κ2) is 9.77. The van der Waals surface area contributed by atoms with Gasteiger partial charge in [-0.3, -0.25) is 14.4 Å². The Morgan fingerprint density at radius 2 is 1.57 bits per heavy atom. The summed E-state index contributed by atoms with van der Waals surface area (Å²) < 4.78 is 49.1. The zero-order valence-corrected chi connectivity index (χ0v) is 16.4. The van der Waals surface area contributed by atoms with Crippen LogP contribution < -0.4 is 5.32 Å². The number of alkyl halides is 3. The number of aryl methyl sites for hydroxylation is 1. The van der Waals surface area contributed by atoms with Gasteiger partial charge in [0.1, 0.15) is 18.8 Å². The van der Waals surface area contributed by atoms with Gasteiger partial charge in [-0.05, 0) is 30.5 Å². The van der Waals surface area contributed by atoms with Crippen LogP contribution in [0.4, 0.5) is 13.2 Å². The minimum atomic E-state index is -4.61. The number of hydrogen-bond donors (Lipinski definition) is 1. The van der Waals surface area contributed by atoms with E-state index in [1.54, 1.807) is 0 Å². The van der Waals surface area contributed by atoms with Crippen molar-refractivity contribution in [1.29, 1.82) is 0 Å². The summed E-state index contributed by atoms with van der Waals surface area (Å²) in [6.07, 6.45) is -4.49. The van der Waals surface area contributed by atoms with Gasteiger partial charge in [-0.25, -0.2) is 0 Å². The number of halogens is 4. The number of nitrogens with one attached hydrogen (secondary N) is 1. The zero-order chi connectivity index (χ0) is 21.5. The van der Waals surface area contributed by atoms with Crippen LogP contribution in [0.1, 0.15) is 38.3 Å². The predicted octanol–water partition coefficient (Wildman–Crippen LogP) is 3.29. The van der Waals surface area contributed by atoms with Crippen LogP contribution in [0.2, 0.25) is 5.02 Å². The molecule has 0 fully saturated rings. The molecule has 0 aliphatic rings. The molecule has 0 aliphatic heterocycles. The highest BCUT2D eigenvalue weighted by Crippen LogP contribution is 2.35. The first-order valence-electron chi connectivity index (χ1n) is 8.26. The molecule has 0 radical (unpaired) electrons. The highest BCUT2D eigenvalue weighted by Gasteiger charge is 2.36. The third-order valence-corrected chi connectivity index (χ3v) is 4.10. The molecule has 0 heterocycles. The average molecular weight is 424 g/mol. The maximum atomic E-state index is 13.0. The third-order valence-electron chi connectivity index (χ3n) is 3.77. The van der Waals surface area contributed by atoms with Crippen molar-refractivity contribution < 1.29 is 37.0 Å². The third kappa shape index (κ3) is 7.75. The van der Waals surface area contributed by atoms with Gasteiger partial charge in [-0.15, -0.1) is 0 Å². The summed E-state index contributed by atoms with van der Waals surface area (Å²) >= 11 is 5.62. The molecule has 1 N–H and O–H groups in total. The molecule has 6 nitrogen and oxygen atoms in total. The van der Waals surface area contributed by atoms with Crippen molar-refractivity contribution in [2.75, 3.05) is 13.2 Å². The van der Waals surface area contributed by atoms with Crippen LogP contribution in [-0.2, 0) is 36.5 Å². The molecule has 1 rings (SSSR count). The standard InChI is InChI=1S/C18H21ClF3NO5/c1-11(24)23-17(9-27-12(2)25,10-28-13(3)26)7-6-14-4-5-16(19)15(8-14)18(20,21)22/h4-5,8H,6-7,9-10H2,1-3H3,(H,23,24). The molecule has 28 heavy (non-hydrogen) atoms. The molecule has 0 unspecified atom stereocenters. The smallest absolute Gasteiger partial charge is 0.417 e. The molecule has 1 aromatic rings. The maximum absolute atomic E-state index is 13.0. The number of benzene rings is 1. The Bertz CT molecular complexity index is 718. The summed E-state index contributed by atoms with van der Waals surface area (Å²) in [6, 6.07) is 3.48. The molecule has 10 heteroatoms. The van der Waals surface area contributed by atoms with Crippen LogP contribution in [-0.4, -0.2) is 36.6 Å². The lowest BCUT2D eigenvalue weighted by Crippen LogP contribution is -2.55. The number of rotatable bonds is 8. The Hall–Kier alpha value is -2.29. The van der Waals surface area contributed by atoms with Crippen molar-refractivity contribution in [2.45, 2.75) is 45.3 Å². The summed E-state index contributed by atoms with van der Waals surface area (Å²) in [5, 5.41) is 2.16. The average Bonchev–Trinajstić information content (AvgIpc) is 2.55. The van der Waals surface area contributed by atoms with Gasteiger partial charge >= 0.3 is 18.1 Å². The lowest BCUT2D eigenvalue weighted by molar-refractivity contribution is -0.150. The summed E-state index contributed by atoms with van der Waals surface area (Å²) in [5.41, 5.74) is -1.96. The van der Waals surface area contributed by atoms with Crippen LogP contribution >= 0.6 is 11.6 Å². The monoisotopic (exact) mass is 423 g/mol. The van der Waals surface area contributed by atoms with E-state index in [0.29, 0.717) is 5.56 Å². The number of amides is 1. The van der Waals surface area contributed by atoms with Crippen LogP contribution in [0.5, 0.6) is 0 Å². The second-order valence-electron chi connectivity index (χ2n) is 6.33. The van der Waals surface area contributed by atoms with E-state index in [1.807, 2.05) is 0 Å². The molecule has 1 aromatic carbocycles. The topological polar surface area (TPSA) is 81.7 Å². The van der Waals surface area contributed by atoms with E-state index >= 15 is 0 Å². The highest BCUT2D eigenvalue weighted by molar-refractivity contribution is 6.31. The quantitative estimate of drug-likeness (QED) is 0.649. The van der Waals surface area contributed by atoms with Gasteiger partial charge in [0.2, 0.25) is 5.91 Å². The largest absolute Gasteiger partial charge is 0.463 e. The van der Waals surface area contributed by atoms with Gasteiger partial charge in [0.25, 0.3) is 0 Å². The van der Waals surface area contributed by atoms with E-state index in [9.17, 15) is 27.6 Å². The SMILES string of the molecule is CC(=O)NC(CCc1ccc(Cl)c(C(F)(F)F)c1)(COC(C)=O)COC(C)=O. The number of carbonyl (C=O) groups excluding carboxylic acids is 3. The van der Waals surface area contributed by atoms with E-state index in [-0.39, 0.29) is 26.1 Å². The minimum Gasteiger partial charge on any atom is -0.463 e. The fourth-order valence-electron chi connectivity index (χ4n) is 2.50. The Balaban J connectivity index is 3.11. The van der Waals surface area contributed by atoms with E-state index in [0.717, 1.165) is 12.1 Å². The van der Waals surface area contributed by atoms with Crippen molar-refractivity contribution in [3.05, 3.63) is 34.3 Å². The second-order valence-corrected chi connectivity index (χ2v) is 6.74. The first kappa shape index (κ1) is 23.7. The summed E-state index contributed by atoms with van der Waals surface area (Å²) in [5.74, 6) is -1.72. The molecule has 0 atom stereocenters. The van der Waals surface area contributed by atoms with Crippen molar-refractivity contribution in [2.24, 2.45) is 0 Å². The van der Waals surface area contributed by atoms with Crippen LogP contribution in [0, 0.1) is 0 Å². The Labute approximate surface area is 165 Å². The summed E-state index contributed by atoms with van der Waals surface area (Å²) in [4.78, 5) is 34.0.